The molecule has 2 aromatic rings. The van der Waals surface area contributed by atoms with Gasteiger partial charge < -0.3 is 20.8 Å². The van der Waals surface area contributed by atoms with Crippen LogP contribution in [0.3, 0.4) is 0 Å². The molecule has 23 heavy (non-hydrogen) atoms. The van der Waals surface area contributed by atoms with E-state index in [1.165, 1.54) is 6.92 Å². The maximum absolute atomic E-state index is 10.9. The van der Waals surface area contributed by atoms with Gasteiger partial charge in [-0.3, -0.25) is 4.79 Å². The van der Waals surface area contributed by atoms with Crippen molar-refractivity contribution in [3.63, 3.8) is 0 Å². The molecule has 0 aromatic heterocycles. The fourth-order valence-corrected chi connectivity index (χ4v) is 2.31. The van der Waals surface area contributed by atoms with E-state index in [0.29, 0.717) is 12.1 Å². The fourth-order valence-electron chi connectivity index (χ4n) is 2.31. The largest absolute Gasteiger partial charge is 0.390 e. The van der Waals surface area contributed by atoms with Crippen molar-refractivity contribution in [3.8, 4) is 0 Å². The minimum absolute atomic E-state index is 0.155. The molecule has 2 rings (SSSR count). The summed E-state index contributed by atoms with van der Waals surface area (Å²) >= 11 is 0. The fraction of sp³-hybridized carbons (Fsp3) is 0.278. The standard InChI is InChI=1S/C18H22N2O3/c1-13(21)19-12-11-17(22)18(23)15-9-5-6-10-16(15)20-14-7-3-2-4-8-14/h2-10,17-18,20,22-23H,11-12H2,1H3,(H,19,21). The van der Waals surface area contributed by atoms with Crippen LogP contribution in [0.15, 0.2) is 54.6 Å². The summed E-state index contributed by atoms with van der Waals surface area (Å²) < 4.78 is 0. The van der Waals surface area contributed by atoms with E-state index < -0.39 is 12.2 Å². The number of aliphatic hydroxyl groups excluding tert-OH is 2. The predicted molar refractivity (Wildman–Crippen MR) is 90.4 cm³/mol. The summed E-state index contributed by atoms with van der Waals surface area (Å²) in [5.41, 5.74) is 2.26. The van der Waals surface area contributed by atoms with E-state index in [4.69, 9.17) is 0 Å². The monoisotopic (exact) mass is 314 g/mol. The van der Waals surface area contributed by atoms with E-state index in [1.54, 1.807) is 6.07 Å². The average Bonchev–Trinajstić information content (AvgIpc) is 2.55. The quantitative estimate of drug-likeness (QED) is 0.632. The van der Waals surface area contributed by atoms with Crippen LogP contribution < -0.4 is 10.6 Å². The molecule has 2 atom stereocenters. The highest BCUT2D eigenvalue weighted by atomic mass is 16.3. The Kier molecular flexibility index (Phi) is 6.14. The molecule has 0 aliphatic rings. The Bertz CT molecular complexity index is 631. The second-order valence-electron chi connectivity index (χ2n) is 5.36. The number of carbonyl (C=O) groups is 1. The Labute approximate surface area is 136 Å². The van der Waals surface area contributed by atoms with Gasteiger partial charge in [-0.15, -0.1) is 0 Å². The maximum atomic E-state index is 10.9. The molecule has 2 unspecified atom stereocenters. The first kappa shape index (κ1) is 17.0. The number of rotatable bonds is 7. The molecule has 0 saturated heterocycles. The van der Waals surface area contributed by atoms with Crippen molar-refractivity contribution in [1.29, 1.82) is 0 Å². The van der Waals surface area contributed by atoms with Gasteiger partial charge in [0.05, 0.1) is 6.10 Å². The van der Waals surface area contributed by atoms with Crippen LogP contribution >= 0.6 is 0 Å². The summed E-state index contributed by atoms with van der Waals surface area (Å²) in [6.45, 7) is 1.74. The van der Waals surface area contributed by atoms with Gasteiger partial charge >= 0.3 is 0 Å². The van der Waals surface area contributed by atoms with Gasteiger partial charge in [-0.1, -0.05) is 36.4 Å². The summed E-state index contributed by atoms with van der Waals surface area (Å²) in [5, 5.41) is 26.4. The molecule has 1 amide bonds. The lowest BCUT2D eigenvalue weighted by Crippen LogP contribution is -2.27. The molecule has 2 aromatic carbocycles. The van der Waals surface area contributed by atoms with Gasteiger partial charge in [-0.05, 0) is 24.6 Å². The third kappa shape index (κ3) is 5.09. The van der Waals surface area contributed by atoms with Crippen LogP contribution in [0, 0.1) is 0 Å². The first-order chi connectivity index (χ1) is 11.1. The van der Waals surface area contributed by atoms with Crippen LogP contribution in [0.2, 0.25) is 0 Å². The van der Waals surface area contributed by atoms with Gasteiger partial charge in [-0.2, -0.15) is 0 Å². The summed E-state index contributed by atoms with van der Waals surface area (Å²) in [4.78, 5) is 10.9. The molecule has 5 heteroatoms. The molecule has 5 nitrogen and oxygen atoms in total. The molecule has 0 aliphatic carbocycles. The zero-order valence-electron chi connectivity index (χ0n) is 13.1. The second kappa shape index (κ2) is 8.31. The molecular weight excluding hydrogens is 292 g/mol. The van der Waals surface area contributed by atoms with Crippen molar-refractivity contribution < 1.29 is 15.0 Å². The second-order valence-corrected chi connectivity index (χ2v) is 5.36. The van der Waals surface area contributed by atoms with E-state index in [1.807, 2.05) is 48.5 Å². The minimum Gasteiger partial charge on any atom is -0.390 e. The molecule has 0 saturated carbocycles. The smallest absolute Gasteiger partial charge is 0.216 e. The predicted octanol–water partition coefficient (Wildman–Crippen LogP) is 2.35. The van der Waals surface area contributed by atoms with Crippen LogP contribution in [0.4, 0.5) is 11.4 Å². The number of nitrogens with one attached hydrogen (secondary N) is 2. The highest BCUT2D eigenvalue weighted by Crippen LogP contribution is 2.28. The SMILES string of the molecule is CC(=O)NCCC(O)C(O)c1ccccc1Nc1ccccc1. The number of para-hydroxylation sites is 2. The van der Waals surface area contributed by atoms with Gasteiger partial charge in [0, 0.05) is 30.4 Å². The van der Waals surface area contributed by atoms with E-state index in [2.05, 4.69) is 10.6 Å². The van der Waals surface area contributed by atoms with E-state index in [0.717, 1.165) is 11.4 Å². The molecule has 0 heterocycles. The minimum atomic E-state index is -1.03. The Morgan fingerprint density at radius 2 is 1.70 bits per heavy atom. The van der Waals surface area contributed by atoms with Crippen LogP contribution in [0.25, 0.3) is 0 Å². The number of carbonyl (C=O) groups excluding carboxylic acids is 1. The maximum Gasteiger partial charge on any atom is 0.216 e. The summed E-state index contributed by atoms with van der Waals surface area (Å²) in [6.07, 6.45) is -1.71. The Hall–Kier alpha value is -2.37. The molecule has 4 N–H and O–H groups in total. The van der Waals surface area contributed by atoms with Crippen molar-refractivity contribution >= 4 is 17.3 Å². The molecule has 0 fully saturated rings. The van der Waals surface area contributed by atoms with Gasteiger partial charge in [0.25, 0.3) is 0 Å². The van der Waals surface area contributed by atoms with Gasteiger partial charge in [0.1, 0.15) is 6.10 Å². The Morgan fingerprint density at radius 1 is 1.04 bits per heavy atom. The normalized spacial score (nSPS) is 13.2. The van der Waals surface area contributed by atoms with Crippen molar-refractivity contribution in [2.75, 3.05) is 11.9 Å². The lowest BCUT2D eigenvalue weighted by molar-refractivity contribution is -0.119. The highest BCUT2D eigenvalue weighted by Gasteiger charge is 2.20. The number of aliphatic hydroxyl groups is 2. The van der Waals surface area contributed by atoms with E-state index in [9.17, 15) is 15.0 Å². The molecule has 0 bridgehead atoms. The van der Waals surface area contributed by atoms with Crippen LogP contribution in [-0.4, -0.2) is 28.8 Å². The summed E-state index contributed by atoms with van der Waals surface area (Å²) in [6, 6.07) is 16.9. The zero-order valence-corrected chi connectivity index (χ0v) is 13.1. The number of anilines is 2. The number of benzene rings is 2. The Balaban J connectivity index is 2.07. The van der Waals surface area contributed by atoms with Gasteiger partial charge in [-0.25, -0.2) is 0 Å². The van der Waals surface area contributed by atoms with Crippen LogP contribution in [-0.2, 0) is 4.79 Å². The molecule has 0 aliphatic heterocycles. The van der Waals surface area contributed by atoms with E-state index >= 15 is 0 Å². The first-order valence-electron chi connectivity index (χ1n) is 7.59. The zero-order chi connectivity index (χ0) is 16.7. The number of amides is 1. The van der Waals surface area contributed by atoms with Crippen molar-refractivity contribution in [3.05, 3.63) is 60.2 Å². The van der Waals surface area contributed by atoms with Crippen molar-refractivity contribution in [2.45, 2.75) is 25.6 Å². The first-order valence-corrected chi connectivity index (χ1v) is 7.59. The van der Waals surface area contributed by atoms with Gasteiger partial charge in [0.2, 0.25) is 5.91 Å². The average molecular weight is 314 g/mol. The third-order valence-corrected chi connectivity index (χ3v) is 3.51. The molecule has 0 radical (unpaired) electrons. The molecule has 122 valence electrons. The number of hydrogen-bond donors (Lipinski definition) is 4. The third-order valence-electron chi connectivity index (χ3n) is 3.51. The lowest BCUT2D eigenvalue weighted by Gasteiger charge is -2.21. The highest BCUT2D eigenvalue weighted by molar-refractivity contribution is 5.72. The lowest BCUT2D eigenvalue weighted by atomic mass is 10.00. The topological polar surface area (TPSA) is 81.6 Å². The van der Waals surface area contributed by atoms with E-state index in [-0.39, 0.29) is 12.3 Å². The summed E-state index contributed by atoms with van der Waals surface area (Å²) in [5.74, 6) is -0.155. The van der Waals surface area contributed by atoms with Crippen LogP contribution in [0.5, 0.6) is 0 Å². The summed E-state index contributed by atoms with van der Waals surface area (Å²) in [7, 11) is 0. The number of hydrogen-bond acceptors (Lipinski definition) is 4. The molecule has 0 spiro atoms. The van der Waals surface area contributed by atoms with Crippen molar-refractivity contribution in [2.24, 2.45) is 0 Å². The van der Waals surface area contributed by atoms with Crippen LogP contribution in [0.1, 0.15) is 25.0 Å². The Morgan fingerprint density at radius 3 is 2.39 bits per heavy atom. The van der Waals surface area contributed by atoms with Gasteiger partial charge in [0.15, 0.2) is 0 Å². The molecular formula is C18H22N2O3. The van der Waals surface area contributed by atoms with Crippen molar-refractivity contribution in [1.82, 2.24) is 5.32 Å².